The summed E-state index contributed by atoms with van der Waals surface area (Å²) < 4.78 is 14.5. The van der Waals surface area contributed by atoms with Crippen LogP contribution in [0.1, 0.15) is 51.5 Å². The predicted octanol–water partition coefficient (Wildman–Crippen LogP) is 3.69. The zero-order chi connectivity index (χ0) is 27.6. The van der Waals surface area contributed by atoms with E-state index in [0.29, 0.717) is 31.6 Å². The van der Waals surface area contributed by atoms with Crippen LogP contribution in [-0.4, -0.2) is 70.8 Å². The van der Waals surface area contributed by atoms with E-state index in [0.717, 1.165) is 24.2 Å². The van der Waals surface area contributed by atoms with Crippen LogP contribution >= 0.6 is 0 Å². The van der Waals surface area contributed by atoms with Crippen molar-refractivity contribution in [2.24, 2.45) is 0 Å². The topological polar surface area (TPSA) is 73.0 Å². The first-order chi connectivity index (χ1) is 19.5. The van der Waals surface area contributed by atoms with Gasteiger partial charge < -0.3 is 4.90 Å². The molecule has 2 atom stereocenters. The van der Waals surface area contributed by atoms with Gasteiger partial charge in [-0.05, 0) is 34.7 Å². The van der Waals surface area contributed by atoms with Gasteiger partial charge in [-0.2, -0.15) is 0 Å². The van der Waals surface area contributed by atoms with Crippen LogP contribution in [0.2, 0.25) is 0 Å². The molecule has 6 rings (SSSR count). The van der Waals surface area contributed by atoms with Gasteiger partial charge in [-0.25, -0.2) is 4.39 Å². The van der Waals surface area contributed by atoms with Gasteiger partial charge in [0.15, 0.2) is 0 Å². The van der Waals surface area contributed by atoms with Gasteiger partial charge in [-0.3, -0.25) is 29.5 Å². The molecule has 0 spiro atoms. The number of halogens is 1. The minimum Gasteiger partial charge on any atom is -0.322 e. The molecule has 0 aliphatic carbocycles. The largest absolute Gasteiger partial charge is 0.322 e. The average Bonchev–Trinajstić information content (AvgIpc) is 3.30. The Morgan fingerprint density at radius 3 is 2.25 bits per heavy atom. The summed E-state index contributed by atoms with van der Waals surface area (Å²) >= 11 is 0. The summed E-state index contributed by atoms with van der Waals surface area (Å²) in [5.41, 5.74) is 4.88. The molecule has 3 aromatic rings. The van der Waals surface area contributed by atoms with Crippen LogP contribution in [0.5, 0.6) is 0 Å². The normalized spacial score (nSPS) is 22.1. The van der Waals surface area contributed by atoms with E-state index < -0.39 is 18.6 Å². The highest BCUT2D eigenvalue weighted by Crippen LogP contribution is 2.32. The van der Waals surface area contributed by atoms with Crippen LogP contribution in [0, 0.1) is 0 Å². The summed E-state index contributed by atoms with van der Waals surface area (Å²) in [6, 6.07) is 25.7. The van der Waals surface area contributed by atoms with Crippen molar-refractivity contribution in [2.45, 2.75) is 44.1 Å². The van der Waals surface area contributed by atoms with Crippen molar-refractivity contribution in [3.8, 4) is 0 Å². The SMILES string of the molecule is O=C1CCC(N2Cc3cc(CN4CCN(C(c5ccccc5)c5ccccc5)CC4CF)ccc3C2=O)C(=O)N1. The smallest absolute Gasteiger partial charge is 0.255 e. The van der Waals surface area contributed by atoms with Crippen molar-refractivity contribution in [1.82, 2.24) is 20.0 Å². The number of nitrogens with one attached hydrogen (secondary N) is 1. The monoisotopic (exact) mass is 540 g/mol. The van der Waals surface area contributed by atoms with Crippen molar-refractivity contribution in [2.75, 3.05) is 26.3 Å². The molecule has 0 aromatic heterocycles. The second kappa shape index (κ2) is 11.3. The molecule has 2 saturated heterocycles. The third-order valence-corrected chi connectivity index (χ3v) is 8.38. The van der Waals surface area contributed by atoms with Crippen LogP contribution in [0.25, 0.3) is 0 Å². The van der Waals surface area contributed by atoms with Crippen molar-refractivity contribution in [3.05, 3.63) is 107 Å². The Morgan fingerprint density at radius 1 is 0.900 bits per heavy atom. The first-order valence-electron chi connectivity index (χ1n) is 13.9. The number of hydrogen-bond acceptors (Lipinski definition) is 5. The first-order valence-corrected chi connectivity index (χ1v) is 13.9. The number of piperidine rings is 1. The molecule has 7 nitrogen and oxygen atoms in total. The summed E-state index contributed by atoms with van der Waals surface area (Å²) in [5.74, 6) is -0.890. The first kappa shape index (κ1) is 26.3. The molecule has 206 valence electrons. The fourth-order valence-electron chi connectivity index (χ4n) is 6.35. The lowest BCUT2D eigenvalue weighted by molar-refractivity contribution is -0.136. The fraction of sp³-hybridized carbons (Fsp3) is 0.344. The van der Waals surface area contributed by atoms with Gasteiger partial charge in [-0.15, -0.1) is 0 Å². The quantitative estimate of drug-likeness (QED) is 0.463. The van der Waals surface area contributed by atoms with E-state index in [2.05, 4.69) is 39.4 Å². The number of carbonyl (C=O) groups is 3. The number of nitrogens with zero attached hydrogens (tertiary/aromatic N) is 3. The summed E-state index contributed by atoms with van der Waals surface area (Å²) in [4.78, 5) is 43.1. The average molecular weight is 541 g/mol. The molecular weight excluding hydrogens is 507 g/mol. The van der Waals surface area contributed by atoms with Crippen LogP contribution in [0.4, 0.5) is 4.39 Å². The lowest BCUT2D eigenvalue weighted by Crippen LogP contribution is -2.54. The van der Waals surface area contributed by atoms with Crippen LogP contribution < -0.4 is 5.32 Å². The van der Waals surface area contributed by atoms with Gasteiger partial charge in [0.05, 0.1) is 12.1 Å². The molecule has 2 fully saturated rings. The van der Waals surface area contributed by atoms with Gasteiger partial charge >= 0.3 is 0 Å². The number of alkyl halides is 1. The van der Waals surface area contributed by atoms with E-state index in [1.807, 2.05) is 54.6 Å². The Kier molecular flexibility index (Phi) is 7.45. The lowest BCUT2D eigenvalue weighted by atomic mass is 9.95. The molecule has 8 heteroatoms. The number of benzene rings is 3. The number of imide groups is 1. The van der Waals surface area contributed by atoms with Gasteiger partial charge in [0.25, 0.3) is 5.91 Å². The molecule has 40 heavy (non-hydrogen) atoms. The van der Waals surface area contributed by atoms with E-state index >= 15 is 0 Å². The maximum atomic E-state index is 14.5. The summed E-state index contributed by atoms with van der Waals surface area (Å²) in [7, 11) is 0. The Labute approximate surface area is 233 Å². The molecule has 3 amide bonds. The highest BCUT2D eigenvalue weighted by molar-refractivity contribution is 6.05. The minimum absolute atomic E-state index is 0.0582. The van der Waals surface area contributed by atoms with Crippen molar-refractivity contribution in [3.63, 3.8) is 0 Å². The third-order valence-electron chi connectivity index (χ3n) is 8.38. The molecule has 3 heterocycles. The predicted molar refractivity (Wildman–Crippen MR) is 149 cm³/mol. The van der Waals surface area contributed by atoms with Crippen molar-refractivity contribution in [1.29, 1.82) is 0 Å². The zero-order valence-electron chi connectivity index (χ0n) is 22.3. The second-order valence-electron chi connectivity index (χ2n) is 10.9. The van der Waals surface area contributed by atoms with E-state index in [1.54, 1.807) is 4.90 Å². The van der Waals surface area contributed by atoms with E-state index in [4.69, 9.17) is 0 Å². The molecule has 3 aliphatic rings. The number of amides is 3. The third kappa shape index (κ3) is 5.17. The molecular formula is C32H33FN4O3. The fourth-order valence-corrected chi connectivity index (χ4v) is 6.35. The Morgan fingerprint density at radius 2 is 1.60 bits per heavy atom. The number of piperazine rings is 1. The van der Waals surface area contributed by atoms with E-state index in [-0.39, 0.29) is 30.3 Å². The van der Waals surface area contributed by atoms with Crippen molar-refractivity contribution < 1.29 is 18.8 Å². The molecule has 3 aliphatic heterocycles. The van der Waals surface area contributed by atoms with Gasteiger partial charge in [0.2, 0.25) is 11.8 Å². The molecule has 3 aromatic carbocycles. The standard InChI is InChI=1S/C32H33FN4O3/c33-18-26-21-36(30(23-7-3-1-4-8-23)24-9-5-2-6-10-24)16-15-35(26)19-22-11-12-27-25(17-22)20-37(32(27)40)28-13-14-29(38)34-31(28)39/h1-12,17,26,28,30H,13-16,18-21H2,(H,34,38,39). The maximum absolute atomic E-state index is 14.5. The number of hydrogen-bond donors (Lipinski definition) is 1. The highest BCUT2D eigenvalue weighted by Gasteiger charge is 2.39. The van der Waals surface area contributed by atoms with E-state index in [1.165, 1.54) is 11.1 Å². The van der Waals surface area contributed by atoms with Gasteiger partial charge in [-0.1, -0.05) is 72.8 Å². The van der Waals surface area contributed by atoms with Gasteiger partial charge in [0.1, 0.15) is 12.7 Å². The molecule has 0 radical (unpaired) electrons. The Bertz CT molecular complexity index is 1360. The molecule has 1 N–H and O–H groups in total. The van der Waals surface area contributed by atoms with E-state index in [9.17, 15) is 18.8 Å². The molecule has 2 unspecified atom stereocenters. The summed E-state index contributed by atoms with van der Waals surface area (Å²) in [6.07, 6.45) is 0.570. The highest BCUT2D eigenvalue weighted by atomic mass is 19.1. The van der Waals surface area contributed by atoms with Crippen molar-refractivity contribution >= 4 is 17.7 Å². The summed E-state index contributed by atoms with van der Waals surface area (Å²) in [6.45, 7) is 2.62. The van der Waals surface area contributed by atoms with Crippen LogP contribution in [0.3, 0.4) is 0 Å². The second-order valence-corrected chi connectivity index (χ2v) is 10.9. The van der Waals surface area contributed by atoms with Gasteiger partial charge in [0, 0.05) is 44.7 Å². The van der Waals surface area contributed by atoms with Crippen LogP contribution in [0.15, 0.2) is 78.9 Å². The minimum atomic E-state index is -0.632. The Balaban J connectivity index is 1.16. The number of fused-ring (bicyclic) bond motifs is 1. The number of rotatable bonds is 7. The Hall–Kier alpha value is -3.88. The molecule has 0 bridgehead atoms. The number of carbonyl (C=O) groups excluding carboxylic acids is 3. The lowest BCUT2D eigenvalue weighted by Gasteiger charge is -2.44. The van der Waals surface area contributed by atoms with Crippen LogP contribution in [-0.2, 0) is 22.7 Å². The maximum Gasteiger partial charge on any atom is 0.255 e. The zero-order valence-corrected chi connectivity index (χ0v) is 22.3. The summed E-state index contributed by atoms with van der Waals surface area (Å²) in [5, 5.41) is 2.34. The molecule has 0 saturated carbocycles.